The predicted octanol–water partition coefficient (Wildman–Crippen LogP) is 5.99. The summed E-state index contributed by atoms with van der Waals surface area (Å²) >= 11 is 0. The number of unbranched alkanes of at least 4 members (excludes halogenated alkanes) is 4. The molecule has 2 nitrogen and oxygen atoms in total. The van der Waals surface area contributed by atoms with E-state index >= 15 is 0 Å². The van der Waals surface area contributed by atoms with E-state index in [1.54, 1.807) is 0 Å². The molecule has 0 N–H and O–H groups in total. The number of carboxylic acid groups (broad SMARTS) is 1. The van der Waals surface area contributed by atoms with Crippen molar-refractivity contribution in [3.8, 4) is 0 Å². The Kier molecular flexibility index (Phi) is 57.5. The van der Waals surface area contributed by atoms with E-state index in [0.717, 1.165) is 19.3 Å². The van der Waals surface area contributed by atoms with Crippen LogP contribution in [0.2, 0.25) is 0 Å². The summed E-state index contributed by atoms with van der Waals surface area (Å²) in [5, 5.41) is 10.3. The van der Waals surface area contributed by atoms with Gasteiger partial charge in [0.25, 0.3) is 0 Å². The zero-order chi connectivity index (χ0) is 18.2. The largest absolute Gasteiger partial charge is 0.550 e. The van der Waals surface area contributed by atoms with Crippen molar-refractivity contribution >= 4 is 33.3 Å². The van der Waals surface area contributed by atoms with Gasteiger partial charge in [-0.15, -0.1) is 0 Å². The zero-order valence-electron chi connectivity index (χ0n) is 17.5. The third kappa shape index (κ3) is 51.9. The Balaban J connectivity index is -0.0000000700. The molecular weight excluding hydrogens is 479 g/mol. The van der Waals surface area contributed by atoms with E-state index in [9.17, 15) is 9.90 Å². The van der Waals surface area contributed by atoms with E-state index < -0.39 is 5.97 Å². The van der Waals surface area contributed by atoms with Crippen LogP contribution in [0.25, 0.3) is 0 Å². The van der Waals surface area contributed by atoms with Crippen LogP contribution in [0.5, 0.6) is 0 Å². The first-order valence-corrected chi connectivity index (χ1v) is 9.67. The second kappa shape index (κ2) is 38.1. The zero-order valence-corrected chi connectivity index (χ0v) is 21.4. The molecule has 0 aromatic heterocycles. The third-order valence-electron chi connectivity index (χ3n) is 3.23. The molecule has 0 aliphatic rings. The summed E-state index contributed by atoms with van der Waals surface area (Å²) < 4.78 is 0. The number of hydrogen-bond donors (Lipinski definition) is 0. The van der Waals surface area contributed by atoms with Crippen molar-refractivity contribution < 1.29 is 9.90 Å². The molecular formula is C20H45O2Pb-. The normalized spacial score (nSPS) is 9.57. The van der Waals surface area contributed by atoms with E-state index in [4.69, 9.17) is 0 Å². The van der Waals surface area contributed by atoms with Crippen molar-refractivity contribution in [3.05, 3.63) is 0 Å². The molecule has 0 saturated carbocycles. The summed E-state index contributed by atoms with van der Waals surface area (Å²) in [4.78, 5) is 10.3. The molecule has 23 heavy (non-hydrogen) atoms. The Morgan fingerprint density at radius 2 is 1.00 bits per heavy atom. The Bertz CT molecular complexity index is 158. The van der Waals surface area contributed by atoms with Crippen molar-refractivity contribution in [3.63, 3.8) is 0 Å². The molecule has 142 valence electrons. The number of aliphatic carboxylic acids is 1. The van der Waals surface area contributed by atoms with Crippen LogP contribution in [-0.2, 0) is 4.79 Å². The van der Waals surface area contributed by atoms with Gasteiger partial charge in [0.05, 0.1) is 0 Å². The molecule has 3 heteroatoms. The monoisotopic (exact) mass is 525 g/mol. The van der Waals surface area contributed by atoms with E-state index in [1.807, 2.05) is 6.92 Å². The quantitative estimate of drug-likeness (QED) is 0.366. The average molecular weight is 525 g/mol. The van der Waals surface area contributed by atoms with Crippen LogP contribution in [-0.4, -0.2) is 33.3 Å². The summed E-state index contributed by atoms with van der Waals surface area (Å²) in [5.74, 6) is -1.11. The van der Waals surface area contributed by atoms with Gasteiger partial charge in [-0.25, -0.2) is 0 Å². The summed E-state index contributed by atoms with van der Waals surface area (Å²) in [7, 11) is 0. The minimum atomic E-state index is -0.893. The third-order valence-corrected chi connectivity index (χ3v) is 3.23. The van der Waals surface area contributed by atoms with E-state index in [1.165, 1.54) is 38.5 Å². The predicted molar refractivity (Wildman–Crippen MR) is 106 cm³/mol. The van der Waals surface area contributed by atoms with Crippen molar-refractivity contribution in [2.75, 3.05) is 0 Å². The molecule has 0 aromatic carbocycles. The SMILES string of the molecule is CCCC.CCCC.CCCC.CCCCC(CC)C(=O)[O-].[Pb]. The van der Waals surface area contributed by atoms with E-state index in [-0.39, 0.29) is 33.2 Å². The Morgan fingerprint density at radius 1 is 0.696 bits per heavy atom. The van der Waals surface area contributed by atoms with E-state index in [2.05, 4.69) is 48.5 Å². The number of carbonyl (C=O) groups excluding carboxylic acids is 1. The average Bonchev–Trinajstić information content (AvgIpc) is 2.56. The Labute approximate surface area is 168 Å². The number of hydrogen-bond acceptors (Lipinski definition) is 2. The minimum Gasteiger partial charge on any atom is -0.550 e. The fraction of sp³-hybridized carbons (Fsp3) is 0.950. The molecule has 0 heterocycles. The molecule has 1 unspecified atom stereocenters. The van der Waals surface area contributed by atoms with Gasteiger partial charge in [-0.1, -0.05) is 107 Å². The topological polar surface area (TPSA) is 40.1 Å². The molecule has 0 aliphatic carbocycles. The molecule has 0 saturated heterocycles. The van der Waals surface area contributed by atoms with Crippen molar-refractivity contribution in [1.82, 2.24) is 0 Å². The smallest absolute Gasteiger partial charge is 0.0445 e. The standard InChI is InChI=1S/C8H16O2.3C4H10.Pb/c1-3-5-6-7(4-2)8(9)10;3*1-3-4-2;/h7H,3-6H2,1-2H3,(H,9,10);3*3-4H2,1-2H3;/p-1. The first kappa shape index (κ1) is 34.7. The summed E-state index contributed by atoms with van der Waals surface area (Å²) in [6.07, 6.45) is 11.4. The molecule has 0 fully saturated rings. The van der Waals surface area contributed by atoms with Crippen LogP contribution in [0.1, 0.15) is 120 Å². The maximum absolute atomic E-state index is 10.3. The number of carboxylic acids is 1. The van der Waals surface area contributed by atoms with Gasteiger partial charge in [0.15, 0.2) is 0 Å². The van der Waals surface area contributed by atoms with Gasteiger partial charge in [0.2, 0.25) is 0 Å². The minimum absolute atomic E-state index is 0. The summed E-state index contributed by atoms with van der Waals surface area (Å²) in [6.45, 7) is 17.0. The maximum Gasteiger partial charge on any atom is 0.0445 e. The first-order valence-electron chi connectivity index (χ1n) is 9.67. The van der Waals surface area contributed by atoms with Crippen molar-refractivity contribution in [2.24, 2.45) is 5.92 Å². The number of carbonyl (C=O) groups is 1. The summed E-state index contributed by atoms with van der Waals surface area (Å²) in [5.41, 5.74) is 0. The van der Waals surface area contributed by atoms with Gasteiger partial charge in [0.1, 0.15) is 0 Å². The van der Waals surface area contributed by atoms with Gasteiger partial charge in [-0.3, -0.25) is 0 Å². The summed E-state index contributed by atoms with van der Waals surface area (Å²) in [6, 6.07) is 0. The maximum atomic E-state index is 10.3. The molecule has 0 rings (SSSR count). The molecule has 0 bridgehead atoms. The van der Waals surface area contributed by atoms with Gasteiger partial charge in [-0.2, -0.15) is 0 Å². The van der Waals surface area contributed by atoms with Crippen LogP contribution < -0.4 is 5.11 Å². The molecule has 1 atom stereocenters. The van der Waals surface area contributed by atoms with E-state index in [0.29, 0.717) is 6.42 Å². The van der Waals surface area contributed by atoms with Crippen LogP contribution in [0.15, 0.2) is 0 Å². The molecule has 4 radical (unpaired) electrons. The van der Waals surface area contributed by atoms with Crippen LogP contribution in [0, 0.1) is 5.92 Å². The van der Waals surface area contributed by atoms with Gasteiger partial charge < -0.3 is 9.90 Å². The van der Waals surface area contributed by atoms with Gasteiger partial charge >= 0.3 is 0 Å². The fourth-order valence-corrected chi connectivity index (χ4v) is 0.939. The first-order chi connectivity index (χ1) is 10.5. The van der Waals surface area contributed by atoms with Crippen LogP contribution in [0.4, 0.5) is 0 Å². The Morgan fingerprint density at radius 3 is 1.13 bits per heavy atom. The van der Waals surface area contributed by atoms with Gasteiger partial charge in [-0.05, 0) is 18.8 Å². The molecule has 0 spiro atoms. The molecule has 0 amide bonds. The second-order valence-corrected chi connectivity index (χ2v) is 5.57. The second-order valence-electron chi connectivity index (χ2n) is 5.57. The number of rotatable bonds is 8. The molecule has 0 aromatic rings. The fourth-order valence-electron chi connectivity index (χ4n) is 0.939. The van der Waals surface area contributed by atoms with Gasteiger partial charge in [0, 0.05) is 33.3 Å². The van der Waals surface area contributed by atoms with Crippen LogP contribution in [0.3, 0.4) is 0 Å². The van der Waals surface area contributed by atoms with Crippen LogP contribution >= 0.6 is 0 Å². The van der Waals surface area contributed by atoms with Crippen molar-refractivity contribution in [1.29, 1.82) is 0 Å². The Hall–Kier alpha value is 0.392. The van der Waals surface area contributed by atoms with Crippen molar-refractivity contribution in [2.45, 2.75) is 120 Å². The molecule has 0 aliphatic heterocycles.